The minimum absolute atomic E-state index is 0.168. The predicted molar refractivity (Wildman–Crippen MR) is 74.9 cm³/mol. The Morgan fingerprint density at radius 3 is 2.74 bits per heavy atom. The molecule has 5 heteroatoms. The van der Waals surface area contributed by atoms with Crippen molar-refractivity contribution in [1.82, 2.24) is 10.2 Å². The molecule has 0 saturated carbocycles. The van der Waals surface area contributed by atoms with Gasteiger partial charge in [0.1, 0.15) is 5.82 Å². The van der Waals surface area contributed by atoms with Crippen molar-refractivity contribution in [3.05, 3.63) is 34.6 Å². The maximum Gasteiger partial charge on any atom is 0.141 e. The highest BCUT2D eigenvalue weighted by Crippen LogP contribution is 2.29. The molecular weight excluding hydrogens is 267 g/mol. The first kappa shape index (κ1) is 14.7. The molecule has 1 aromatic carbocycles. The SMILES string of the molecule is OCCC[C@@H](c1ccc(F)c(Cl)c1)N1CCNCC1. The zero-order valence-corrected chi connectivity index (χ0v) is 11.7. The lowest BCUT2D eigenvalue weighted by molar-refractivity contribution is 0.154. The number of aliphatic hydroxyl groups excluding tert-OH is 1. The number of hydrogen-bond donors (Lipinski definition) is 2. The van der Waals surface area contributed by atoms with E-state index in [1.54, 1.807) is 12.1 Å². The van der Waals surface area contributed by atoms with Crippen molar-refractivity contribution in [2.75, 3.05) is 32.8 Å². The van der Waals surface area contributed by atoms with E-state index in [2.05, 4.69) is 10.2 Å². The summed E-state index contributed by atoms with van der Waals surface area (Å²) in [4.78, 5) is 2.37. The van der Waals surface area contributed by atoms with E-state index in [1.807, 2.05) is 0 Å². The maximum absolute atomic E-state index is 13.3. The van der Waals surface area contributed by atoms with Crippen molar-refractivity contribution in [2.24, 2.45) is 0 Å². The van der Waals surface area contributed by atoms with Crippen LogP contribution in [0.2, 0.25) is 5.02 Å². The Kier molecular flexibility index (Phi) is 5.58. The van der Waals surface area contributed by atoms with Crippen LogP contribution in [-0.2, 0) is 0 Å². The fourth-order valence-corrected chi connectivity index (χ4v) is 2.75. The number of aliphatic hydroxyl groups is 1. The quantitative estimate of drug-likeness (QED) is 0.871. The van der Waals surface area contributed by atoms with Crippen molar-refractivity contribution in [1.29, 1.82) is 0 Å². The average molecular weight is 287 g/mol. The smallest absolute Gasteiger partial charge is 0.141 e. The molecule has 3 nitrogen and oxygen atoms in total. The topological polar surface area (TPSA) is 35.5 Å². The number of nitrogens with zero attached hydrogens (tertiary/aromatic N) is 1. The Hall–Kier alpha value is -0.680. The van der Waals surface area contributed by atoms with Crippen LogP contribution < -0.4 is 5.32 Å². The molecule has 1 fully saturated rings. The Balaban J connectivity index is 2.17. The number of piperazine rings is 1. The highest BCUT2D eigenvalue weighted by Gasteiger charge is 2.22. The van der Waals surface area contributed by atoms with Crippen LogP contribution in [0.3, 0.4) is 0 Å². The van der Waals surface area contributed by atoms with Gasteiger partial charge in [0.2, 0.25) is 0 Å². The van der Waals surface area contributed by atoms with Gasteiger partial charge in [-0.1, -0.05) is 17.7 Å². The van der Waals surface area contributed by atoms with Gasteiger partial charge < -0.3 is 10.4 Å². The molecule has 0 radical (unpaired) electrons. The van der Waals surface area contributed by atoms with E-state index >= 15 is 0 Å². The molecule has 2 N–H and O–H groups in total. The van der Waals surface area contributed by atoms with Crippen LogP contribution in [-0.4, -0.2) is 42.8 Å². The van der Waals surface area contributed by atoms with Crippen molar-refractivity contribution >= 4 is 11.6 Å². The second-order valence-corrected chi connectivity index (χ2v) is 5.25. The summed E-state index contributed by atoms with van der Waals surface area (Å²) in [6.45, 7) is 4.03. The lowest BCUT2D eigenvalue weighted by Gasteiger charge is -2.35. The van der Waals surface area contributed by atoms with Gasteiger partial charge in [-0.2, -0.15) is 0 Å². The Morgan fingerprint density at radius 2 is 2.11 bits per heavy atom. The van der Waals surface area contributed by atoms with Crippen LogP contribution in [0.25, 0.3) is 0 Å². The van der Waals surface area contributed by atoms with Gasteiger partial charge in [0.25, 0.3) is 0 Å². The van der Waals surface area contributed by atoms with E-state index in [1.165, 1.54) is 6.07 Å². The van der Waals surface area contributed by atoms with E-state index in [0.29, 0.717) is 0 Å². The van der Waals surface area contributed by atoms with Crippen LogP contribution in [0, 0.1) is 5.82 Å². The summed E-state index contributed by atoms with van der Waals surface area (Å²) in [6.07, 6.45) is 1.60. The molecule has 0 aliphatic carbocycles. The summed E-state index contributed by atoms with van der Waals surface area (Å²) in [5.41, 5.74) is 1.03. The van der Waals surface area contributed by atoms with Crippen LogP contribution in [0.4, 0.5) is 4.39 Å². The fourth-order valence-electron chi connectivity index (χ4n) is 2.56. The maximum atomic E-state index is 13.3. The first-order chi connectivity index (χ1) is 9.22. The van der Waals surface area contributed by atoms with E-state index in [4.69, 9.17) is 16.7 Å². The number of benzene rings is 1. The summed E-state index contributed by atoms with van der Waals surface area (Å²) in [5.74, 6) is -0.383. The summed E-state index contributed by atoms with van der Waals surface area (Å²) < 4.78 is 13.3. The molecule has 1 aliphatic heterocycles. The van der Waals surface area contributed by atoms with Gasteiger partial charge in [-0.3, -0.25) is 4.90 Å². The van der Waals surface area contributed by atoms with E-state index in [9.17, 15) is 4.39 Å². The summed E-state index contributed by atoms with van der Waals surface area (Å²) >= 11 is 5.88. The molecule has 0 unspecified atom stereocenters. The zero-order chi connectivity index (χ0) is 13.7. The normalized spacial score (nSPS) is 18.5. The molecule has 19 heavy (non-hydrogen) atoms. The van der Waals surface area contributed by atoms with E-state index < -0.39 is 0 Å². The Bertz CT molecular complexity index is 410. The van der Waals surface area contributed by atoms with E-state index in [-0.39, 0.29) is 23.5 Å². The fraction of sp³-hybridized carbons (Fsp3) is 0.571. The molecule has 2 rings (SSSR count). The monoisotopic (exact) mass is 286 g/mol. The third-order valence-electron chi connectivity index (χ3n) is 3.56. The van der Waals surface area contributed by atoms with Crippen LogP contribution in [0.5, 0.6) is 0 Å². The Morgan fingerprint density at radius 1 is 1.37 bits per heavy atom. The molecule has 0 bridgehead atoms. The van der Waals surface area contributed by atoms with Crippen molar-refractivity contribution in [3.8, 4) is 0 Å². The van der Waals surface area contributed by atoms with E-state index in [0.717, 1.165) is 44.6 Å². The highest BCUT2D eigenvalue weighted by atomic mass is 35.5. The lowest BCUT2D eigenvalue weighted by atomic mass is 9.99. The Labute approximate surface area is 118 Å². The van der Waals surface area contributed by atoms with Gasteiger partial charge in [-0.25, -0.2) is 4.39 Å². The molecule has 1 heterocycles. The summed E-state index contributed by atoms with van der Waals surface area (Å²) in [6, 6.07) is 5.13. The van der Waals surface area contributed by atoms with Crippen molar-refractivity contribution < 1.29 is 9.50 Å². The third-order valence-corrected chi connectivity index (χ3v) is 3.85. The average Bonchev–Trinajstić information content (AvgIpc) is 2.44. The molecule has 0 spiro atoms. The van der Waals surface area contributed by atoms with Gasteiger partial charge in [-0.05, 0) is 30.5 Å². The van der Waals surface area contributed by atoms with Crippen LogP contribution in [0.15, 0.2) is 18.2 Å². The highest BCUT2D eigenvalue weighted by molar-refractivity contribution is 6.30. The first-order valence-electron chi connectivity index (χ1n) is 6.73. The second-order valence-electron chi connectivity index (χ2n) is 4.84. The van der Waals surface area contributed by atoms with Gasteiger partial charge in [0.05, 0.1) is 5.02 Å². The molecule has 1 saturated heterocycles. The predicted octanol–water partition coefficient (Wildman–Crippen LogP) is 2.20. The molecule has 1 aromatic rings. The molecule has 0 aromatic heterocycles. The number of hydrogen-bond acceptors (Lipinski definition) is 3. The van der Waals surface area contributed by atoms with Crippen LogP contribution >= 0.6 is 11.6 Å². The first-order valence-corrected chi connectivity index (χ1v) is 7.10. The molecule has 106 valence electrons. The standard InChI is InChI=1S/C14H20ClFN2O/c15-12-10-11(3-4-13(12)16)14(2-1-9-19)18-7-5-17-6-8-18/h3-4,10,14,17,19H,1-2,5-9H2/t14-/m0/s1. The second kappa shape index (κ2) is 7.20. The third kappa shape index (κ3) is 3.89. The van der Waals surface area contributed by atoms with Gasteiger partial charge in [0.15, 0.2) is 0 Å². The minimum Gasteiger partial charge on any atom is -0.396 e. The minimum atomic E-state index is -0.383. The van der Waals surface area contributed by atoms with Gasteiger partial charge >= 0.3 is 0 Å². The van der Waals surface area contributed by atoms with Gasteiger partial charge in [-0.15, -0.1) is 0 Å². The number of halogens is 2. The summed E-state index contributed by atoms with van der Waals surface area (Å²) in [5, 5.41) is 12.5. The van der Waals surface area contributed by atoms with Crippen molar-refractivity contribution in [2.45, 2.75) is 18.9 Å². The number of rotatable bonds is 5. The molecular formula is C14H20ClFN2O. The van der Waals surface area contributed by atoms with Crippen molar-refractivity contribution in [3.63, 3.8) is 0 Å². The number of nitrogens with one attached hydrogen (secondary N) is 1. The largest absolute Gasteiger partial charge is 0.396 e. The van der Waals surface area contributed by atoms with Gasteiger partial charge in [0, 0.05) is 38.8 Å². The van der Waals surface area contributed by atoms with Crippen LogP contribution in [0.1, 0.15) is 24.4 Å². The zero-order valence-electron chi connectivity index (χ0n) is 10.9. The summed E-state index contributed by atoms with van der Waals surface area (Å²) in [7, 11) is 0. The molecule has 0 amide bonds. The molecule has 1 aliphatic rings. The molecule has 1 atom stereocenters. The lowest BCUT2D eigenvalue weighted by Crippen LogP contribution is -2.45.